The molecule has 0 saturated heterocycles. The van der Waals surface area contributed by atoms with Crippen molar-refractivity contribution in [1.82, 2.24) is 15.1 Å². The minimum atomic E-state index is -0.271. The molecule has 0 amide bonds. The van der Waals surface area contributed by atoms with Gasteiger partial charge in [-0.1, -0.05) is 42.5 Å². The minimum Gasteiger partial charge on any atom is -0.426 e. The highest BCUT2D eigenvalue weighted by Gasteiger charge is 2.24. The molecule has 1 aromatic heterocycles. The van der Waals surface area contributed by atoms with Gasteiger partial charge in [0.2, 0.25) is 0 Å². The lowest BCUT2D eigenvalue weighted by Crippen LogP contribution is -2.20. The molecule has 0 bridgehead atoms. The summed E-state index contributed by atoms with van der Waals surface area (Å²) in [6, 6.07) is 16.5. The summed E-state index contributed by atoms with van der Waals surface area (Å²) in [6.07, 6.45) is 14.6. The Labute approximate surface area is 199 Å². The number of aromatic nitrogens is 2. The van der Waals surface area contributed by atoms with E-state index in [1.54, 1.807) is 6.34 Å². The van der Waals surface area contributed by atoms with E-state index in [1.807, 2.05) is 36.8 Å². The van der Waals surface area contributed by atoms with E-state index in [0.717, 1.165) is 36.9 Å². The van der Waals surface area contributed by atoms with E-state index in [-0.39, 0.29) is 11.9 Å². The third-order valence-electron chi connectivity index (χ3n) is 6.44. The van der Waals surface area contributed by atoms with Crippen molar-refractivity contribution < 1.29 is 9.53 Å². The van der Waals surface area contributed by atoms with E-state index in [2.05, 4.69) is 57.6 Å². The van der Waals surface area contributed by atoms with Crippen molar-refractivity contribution in [2.75, 3.05) is 0 Å². The van der Waals surface area contributed by atoms with Gasteiger partial charge in [0.1, 0.15) is 5.75 Å². The lowest BCUT2D eigenvalue weighted by Gasteiger charge is -2.26. The summed E-state index contributed by atoms with van der Waals surface area (Å²) in [5.74, 6) is 0.973. The first-order valence-corrected chi connectivity index (χ1v) is 11.7. The zero-order valence-electron chi connectivity index (χ0n) is 19.2. The van der Waals surface area contributed by atoms with Crippen molar-refractivity contribution in [3.8, 4) is 5.75 Å². The van der Waals surface area contributed by atoms with Crippen LogP contribution in [0.2, 0.25) is 0 Å². The molecule has 6 heteroatoms. The number of aliphatic imine (C=N–C) groups is 1. The lowest BCUT2D eigenvalue weighted by atomic mass is 9.83. The average molecular weight is 453 g/mol. The summed E-state index contributed by atoms with van der Waals surface area (Å²) in [5.41, 5.74) is 5.90. The fraction of sp³-hybridized carbons (Fsp3) is 0.250. The summed E-state index contributed by atoms with van der Waals surface area (Å²) >= 11 is 0. The molecule has 1 aliphatic carbocycles. The monoisotopic (exact) mass is 452 g/mol. The zero-order chi connectivity index (χ0) is 23.3. The van der Waals surface area contributed by atoms with E-state index in [1.165, 1.54) is 23.6 Å². The normalized spacial score (nSPS) is 17.8. The van der Waals surface area contributed by atoms with Crippen LogP contribution in [0.25, 0.3) is 0 Å². The Kier molecular flexibility index (Phi) is 6.38. The third kappa shape index (κ3) is 4.86. The number of rotatable bonds is 6. The second-order valence-corrected chi connectivity index (χ2v) is 8.84. The maximum absolute atomic E-state index is 11.4. The molecule has 34 heavy (non-hydrogen) atoms. The number of fused-ring (bicyclic) bond motifs is 1. The van der Waals surface area contributed by atoms with Crippen LogP contribution in [-0.4, -0.2) is 22.1 Å². The van der Waals surface area contributed by atoms with Crippen molar-refractivity contribution in [2.24, 2.45) is 10.9 Å². The highest BCUT2D eigenvalue weighted by atomic mass is 16.5. The van der Waals surface area contributed by atoms with Crippen molar-refractivity contribution in [3.05, 3.63) is 107 Å². The molecule has 2 unspecified atom stereocenters. The number of carbonyl (C=O) groups is 1. The summed E-state index contributed by atoms with van der Waals surface area (Å²) in [4.78, 5) is 15.8. The van der Waals surface area contributed by atoms with Gasteiger partial charge in [-0.3, -0.25) is 9.48 Å². The maximum atomic E-state index is 11.4. The predicted molar refractivity (Wildman–Crippen MR) is 133 cm³/mol. The molecule has 0 spiro atoms. The summed E-state index contributed by atoms with van der Waals surface area (Å²) in [5, 5.41) is 7.77. The van der Waals surface area contributed by atoms with Gasteiger partial charge in [0.15, 0.2) is 0 Å². The predicted octanol–water partition coefficient (Wildman–Crippen LogP) is 4.77. The van der Waals surface area contributed by atoms with E-state index in [9.17, 15) is 4.79 Å². The van der Waals surface area contributed by atoms with Gasteiger partial charge in [-0.25, -0.2) is 4.99 Å². The third-order valence-corrected chi connectivity index (χ3v) is 6.44. The Balaban J connectivity index is 1.36. The van der Waals surface area contributed by atoms with Crippen molar-refractivity contribution in [3.63, 3.8) is 0 Å². The summed E-state index contributed by atoms with van der Waals surface area (Å²) < 4.78 is 7.49. The quantitative estimate of drug-likeness (QED) is 0.432. The topological polar surface area (TPSA) is 68.5 Å². The molecule has 5 rings (SSSR count). The number of ether oxygens (including phenoxy) is 1. The standard InChI is InChI=1S/C28H28N4O2/c1-20(33)34-27-9-5-8-23-14-21(10-11-26(23)27)17-32-18-25(16-31-32)28(22-6-3-2-4-7-22)24-12-13-29-19-30-15-24/h2-9,12-13,15-16,18-19,21,28H,10-11,14,17H2,1H3,(H,29,30). The molecule has 0 saturated carbocycles. The number of nitrogens with one attached hydrogen (secondary N) is 1. The van der Waals surface area contributed by atoms with Crippen LogP contribution in [0.1, 0.15) is 41.5 Å². The molecular weight excluding hydrogens is 424 g/mol. The molecule has 1 N–H and O–H groups in total. The zero-order valence-corrected chi connectivity index (χ0v) is 19.2. The van der Waals surface area contributed by atoms with Crippen LogP contribution in [0.3, 0.4) is 0 Å². The van der Waals surface area contributed by atoms with Gasteiger partial charge in [-0.15, -0.1) is 0 Å². The van der Waals surface area contributed by atoms with Crippen molar-refractivity contribution in [2.45, 2.75) is 38.6 Å². The largest absolute Gasteiger partial charge is 0.426 e. The van der Waals surface area contributed by atoms with E-state index >= 15 is 0 Å². The van der Waals surface area contributed by atoms with E-state index in [0.29, 0.717) is 11.7 Å². The number of benzene rings is 2. The van der Waals surface area contributed by atoms with Crippen LogP contribution in [0.5, 0.6) is 5.75 Å². The Hall–Kier alpha value is -3.93. The maximum Gasteiger partial charge on any atom is 0.308 e. The van der Waals surface area contributed by atoms with Crippen LogP contribution in [0, 0.1) is 5.92 Å². The van der Waals surface area contributed by atoms with Crippen LogP contribution in [0.4, 0.5) is 0 Å². The first-order chi connectivity index (χ1) is 16.7. The molecule has 2 heterocycles. The van der Waals surface area contributed by atoms with Gasteiger partial charge in [-0.2, -0.15) is 5.10 Å². The number of hydrogen-bond donors (Lipinski definition) is 1. The van der Waals surface area contributed by atoms with Crippen LogP contribution in [0.15, 0.2) is 90.0 Å². The molecule has 3 aromatic rings. The molecule has 2 aliphatic rings. The number of nitrogens with zero attached hydrogens (tertiary/aromatic N) is 3. The van der Waals surface area contributed by atoms with Gasteiger partial charge in [-0.05, 0) is 59.6 Å². The average Bonchev–Trinajstić information content (AvgIpc) is 3.12. The molecule has 1 aliphatic heterocycles. The first kappa shape index (κ1) is 21.9. The Morgan fingerprint density at radius 1 is 1.18 bits per heavy atom. The molecule has 0 fully saturated rings. The number of allylic oxidation sites excluding steroid dienone is 2. The Bertz CT molecular complexity index is 1260. The van der Waals surface area contributed by atoms with Crippen molar-refractivity contribution >= 4 is 12.3 Å². The fourth-order valence-electron chi connectivity index (χ4n) is 4.94. The molecule has 172 valence electrons. The highest BCUT2D eigenvalue weighted by molar-refractivity contribution is 5.70. The number of esters is 1. The molecule has 2 aromatic carbocycles. The van der Waals surface area contributed by atoms with Gasteiger partial charge in [0, 0.05) is 43.5 Å². The Morgan fingerprint density at radius 3 is 2.91 bits per heavy atom. The fourth-order valence-corrected chi connectivity index (χ4v) is 4.94. The molecular formula is C28H28N4O2. The smallest absolute Gasteiger partial charge is 0.308 e. The van der Waals surface area contributed by atoms with Crippen LogP contribution < -0.4 is 10.1 Å². The SMILES string of the molecule is CC(=O)Oc1cccc2c1CCC(Cn1cc(C(C3=CN=CNC=C3)c3ccccc3)cn1)C2. The van der Waals surface area contributed by atoms with Gasteiger partial charge < -0.3 is 10.1 Å². The van der Waals surface area contributed by atoms with Crippen molar-refractivity contribution in [1.29, 1.82) is 0 Å². The number of carbonyl (C=O) groups excluding carboxylic acids is 1. The van der Waals surface area contributed by atoms with Crippen LogP contribution >= 0.6 is 0 Å². The molecule has 0 radical (unpaired) electrons. The second-order valence-electron chi connectivity index (χ2n) is 8.84. The minimum absolute atomic E-state index is 0.0571. The van der Waals surface area contributed by atoms with E-state index in [4.69, 9.17) is 9.84 Å². The summed E-state index contributed by atoms with van der Waals surface area (Å²) in [6.45, 7) is 2.31. The van der Waals surface area contributed by atoms with Gasteiger partial charge in [0.25, 0.3) is 0 Å². The molecule has 6 nitrogen and oxygen atoms in total. The van der Waals surface area contributed by atoms with Crippen LogP contribution in [-0.2, 0) is 24.2 Å². The number of hydrogen-bond acceptors (Lipinski definition) is 5. The van der Waals surface area contributed by atoms with E-state index < -0.39 is 0 Å². The summed E-state index contributed by atoms with van der Waals surface area (Å²) in [7, 11) is 0. The second kappa shape index (κ2) is 9.91. The van der Waals surface area contributed by atoms with Gasteiger partial charge in [0.05, 0.1) is 12.5 Å². The first-order valence-electron chi connectivity index (χ1n) is 11.7. The lowest BCUT2D eigenvalue weighted by molar-refractivity contribution is -0.131. The Morgan fingerprint density at radius 2 is 2.06 bits per heavy atom. The molecule has 2 atom stereocenters. The highest BCUT2D eigenvalue weighted by Crippen LogP contribution is 2.35. The van der Waals surface area contributed by atoms with Gasteiger partial charge >= 0.3 is 5.97 Å².